The number of fused-ring (bicyclic) bond motifs is 1. The Morgan fingerprint density at radius 3 is 3.07 bits per heavy atom. The Kier molecular flexibility index (Phi) is 2.25. The highest BCUT2D eigenvalue weighted by Crippen LogP contribution is 2.35. The van der Waals surface area contributed by atoms with Gasteiger partial charge in [-0.1, -0.05) is 5.16 Å². The molecule has 3 nitrogen and oxygen atoms in total. The Balaban J connectivity index is 2.02. The summed E-state index contributed by atoms with van der Waals surface area (Å²) in [7, 11) is 0. The van der Waals surface area contributed by atoms with E-state index >= 15 is 0 Å². The average Bonchev–Trinajstić information content (AvgIpc) is 2.83. The molecule has 1 fully saturated rings. The van der Waals surface area contributed by atoms with Crippen LogP contribution in [0.3, 0.4) is 0 Å². The van der Waals surface area contributed by atoms with Gasteiger partial charge < -0.3 is 9.84 Å². The summed E-state index contributed by atoms with van der Waals surface area (Å²) in [6.07, 6.45) is 2.36. The van der Waals surface area contributed by atoms with E-state index in [1.165, 1.54) is 28.8 Å². The summed E-state index contributed by atoms with van der Waals surface area (Å²) in [4.78, 5) is 0. The lowest BCUT2D eigenvalue weighted by atomic mass is 9.94. The highest BCUT2D eigenvalue weighted by Gasteiger charge is 2.22. The fraction of sp³-hybridized carbons (Fsp3) is 0.545. The molecule has 0 amide bonds. The second-order valence-corrected chi connectivity index (χ2v) is 5.05. The maximum absolute atomic E-state index is 5.41. The van der Waals surface area contributed by atoms with Gasteiger partial charge in [0.05, 0.1) is 4.70 Å². The van der Waals surface area contributed by atoms with Gasteiger partial charge in [-0.25, -0.2) is 0 Å². The van der Waals surface area contributed by atoms with Crippen molar-refractivity contribution in [2.75, 3.05) is 13.1 Å². The van der Waals surface area contributed by atoms with Gasteiger partial charge in [-0.15, -0.1) is 11.3 Å². The van der Waals surface area contributed by atoms with E-state index in [0.29, 0.717) is 5.92 Å². The topological polar surface area (TPSA) is 38.1 Å². The fourth-order valence-electron chi connectivity index (χ4n) is 2.22. The summed E-state index contributed by atoms with van der Waals surface area (Å²) in [6, 6.07) is 0. The molecule has 3 heterocycles. The molecule has 2 aromatic rings. The van der Waals surface area contributed by atoms with Crippen LogP contribution in [0.1, 0.15) is 30.0 Å². The van der Waals surface area contributed by atoms with Gasteiger partial charge in [0.2, 0.25) is 0 Å². The SMILES string of the molecule is Cc1csc2c(C3CCNCC3)noc12. The van der Waals surface area contributed by atoms with Gasteiger partial charge in [-0.05, 0) is 38.2 Å². The zero-order valence-electron chi connectivity index (χ0n) is 8.75. The Morgan fingerprint density at radius 2 is 2.27 bits per heavy atom. The zero-order chi connectivity index (χ0) is 10.3. The lowest BCUT2D eigenvalue weighted by Gasteiger charge is -2.20. The van der Waals surface area contributed by atoms with Crippen LogP contribution >= 0.6 is 11.3 Å². The molecule has 4 heteroatoms. The lowest BCUT2D eigenvalue weighted by molar-refractivity contribution is 0.403. The van der Waals surface area contributed by atoms with Gasteiger partial charge in [0.1, 0.15) is 5.69 Å². The number of nitrogens with zero attached hydrogens (tertiary/aromatic N) is 1. The van der Waals surface area contributed by atoms with Gasteiger partial charge >= 0.3 is 0 Å². The first kappa shape index (κ1) is 9.36. The van der Waals surface area contributed by atoms with Gasteiger partial charge in [-0.3, -0.25) is 0 Å². The molecule has 1 aliphatic heterocycles. The molecule has 2 aromatic heterocycles. The predicted molar refractivity (Wildman–Crippen MR) is 61.5 cm³/mol. The predicted octanol–water partition coefficient (Wildman–Crippen LogP) is 2.66. The molecule has 0 aromatic carbocycles. The van der Waals surface area contributed by atoms with E-state index in [4.69, 9.17) is 4.52 Å². The molecule has 3 rings (SSSR count). The van der Waals surface area contributed by atoms with Crippen LogP contribution in [0.5, 0.6) is 0 Å². The Hall–Kier alpha value is -0.870. The molecule has 80 valence electrons. The second kappa shape index (κ2) is 3.61. The molecular formula is C11H14N2OS. The standard InChI is InChI=1S/C11H14N2OS/c1-7-6-15-11-9(13-14-10(7)11)8-2-4-12-5-3-8/h6,8,12H,2-5H2,1H3. The fourth-order valence-corrected chi connectivity index (χ4v) is 3.25. The third-order valence-electron chi connectivity index (χ3n) is 3.11. The van der Waals surface area contributed by atoms with Crippen LogP contribution in [0.4, 0.5) is 0 Å². The van der Waals surface area contributed by atoms with E-state index in [1.807, 2.05) is 0 Å². The van der Waals surface area contributed by atoms with Crippen molar-refractivity contribution in [2.24, 2.45) is 0 Å². The molecule has 1 N–H and O–H groups in total. The van der Waals surface area contributed by atoms with E-state index in [9.17, 15) is 0 Å². The highest BCUT2D eigenvalue weighted by molar-refractivity contribution is 7.17. The minimum absolute atomic E-state index is 0.588. The molecule has 0 aliphatic carbocycles. The maximum Gasteiger partial charge on any atom is 0.180 e. The van der Waals surface area contributed by atoms with Crippen LogP contribution in [-0.2, 0) is 0 Å². The summed E-state index contributed by atoms with van der Waals surface area (Å²) in [5.74, 6) is 0.588. The number of aromatic nitrogens is 1. The van der Waals surface area contributed by atoms with Crippen molar-refractivity contribution in [2.45, 2.75) is 25.7 Å². The van der Waals surface area contributed by atoms with E-state index in [1.54, 1.807) is 11.3 Å². The summed E-state index contributed by atoms with van der Waals surface area (Å²) in [5.41, 5.74) is 3.39. The zero-order valence-corrected chi connectivity index (χ0v) is 9.56. The highest BCUT2D eigenvalue weighted by atomic mass is 32.1. The van der Waals surface area contributed by atoms with Crippen molar-refractivity contribution in [3.05, 3.63) is 16.6 Å². The first-order valence-electron chi connectivity index (χ1n) is 5.40. The first-order chi connectivity index (χ1) is 7.36. The molecule has 1 saturated heterocycles. The normalized spacial score (nSPS) is 18.7. The number of thiophene rings is 1. The monoisotopic (exact) mass is 222 g/mol. The smallest absolute Gasteiger partial charge is 0.180 e. The van der Waals surface area contributed by atoms with Crippen molar-refractivity contribution in [3.63, 3.8) is 0 Å². The second-order valence-electron chi connectivity index (χ2n) is 4.17. The van der Waals surface area contributed by atoms with Gasteiger partial charge in [-0.2, -0.15) is 0 Å². The molecule has 0 unspecified atom stereocenters. The van der Waals surface area contributed by atoms with Crippen LogP contribution in [-0.4, -0.2) is 18.2 Å². The van der Waals surface area contributed by atoms with Crippen LogP contribution < -0.4 is 5.32 Å². The largest absolute Gasteiger partial charge is 0.355 e. The van der Waals surface area contributed by atoms with Crippen LogP contribution in [0.15, 0.2) is 9.90 Å². The molecule has 0 radical (unpaired) electrons. The summed E-state index contributed by atoms with van der Waals surface area (Å²) < 4.78 is 6.68. The van der Waals surface area contributed by atoms with Crippen LogP contribution in [0.2, 0.25) is 0 Å². The van der Waals surface area contributed by atoms with Crippen molar-refractivity contribution in [1.82, 2.24) is 10.5 Å². The van der Waals surface area contributed by atoms with E-state index in [2.05, 4.69) is 22.8 Å². The number of hydrogen-bond donors (Lipinski definition) is 1. The summed E-state index contributed by atoms with van der Waals surface area (Å²) in [6.45, 7) is 4.28. The minimum Gasteiger partial charge on any atom is -0.355 e. The van der Waals surface area contributed by atoms with Gasteiger partial charge in [0.25, 0.3) is 0 Å². The number of piperidine rings is 1. The lowest BCUT2D eigenvalue weighted by Crippen LogP contribution is -2.26. The Labute approximate surface area is 92.5 Å². The van der Waals surface area contributed by atoms with Crippen molar-refractivity contribution in [3.8, 4) is 0 Å². The van der Waals surface area contributed by atoms with Crippen molar-refractivity contribution < 1.29 is 4.52 Å². The number of hydrogen-bond acceptors (Lipinski definition) is 4. The first-order valence-corrected chi connectivity index (χ1v) is 6.28. The van der Waals surface area contributed by atoms with E-state index < -0.39 is 0 Å². The number of rotatable bonds is 1. The Bertz CT molecular complexity index is 468. The third-order valence-corrected chi connectivity index (χ3v) is 4.21. The molecule has 0 spiro atoms. The van der Waals surface area contributed by atoms with Crippen LogP contribution in [0.25, 0.3) is 10.3 Å². The van der Waals surface area contributed by atoms with Crippen molar-refractivity contribution >= 4 is 21.6 Å². The Morgan fingerprint density at radius 1 is 1.47 bits per heavy atom. The van der Waals surface area contributed by atoms with E-state index in [0.717, 1.165) is 18.7 Å². The van der Waals surface area contributed by atoms with Crippen LogP contribution in [0, 0.1) is 6.92 Å². The van der Waals surface area contributed by atoms with Gasteiger partial charge in [0.15, 0.2) is 5.58 Å². The molecular weight excluding hydrogens is 208 g/mol. The summed E-state index contributed by atoms with van der Waals surface area (Å²) >= 11 is 1.76. The maximum atomic E-state index is 5.41. The molecule has 0 atom stereocenters. The number of aryl methyl sites for hydroxylation is 1. The summed E-state index contributed by atoms with van der Waals surface area (Å²) in [5, 5.41) is 9.78. The third kappa shape index (κ3) is 1.48. The molecule has 15 heavy (non-hydrogen) atoms. The average molecular weight is 222 g/mol. The molecule has 0 saturated carbocycles. The number of nitrogens with one attached hydrogen (secondary N) is 1. The molecule has 1 aliphatic rings. The van der Waals surface area contributed by atoms with Crippen molar-refractivity contribution in [1.29, 1.82) is 0 Å². The minimum atomic E-state index is 0.588. The molecule has 0 bridgehead atoms. The quantitative estimate of drug-likeness (QED) is 0.806. The van der Waals surface area contributed by atoms with Gasteiger partial charge in [0, 0.05) is 11.5 Å². The van der Waals surface area contributed by atoms with E-state index in [-0.39, 0.29) is 0 Å².